The van der Waals surface area contributed by atoms with E-state index in [0.717, 1.165) is 0 Å². The molecule has 0 saturated carbocycles. The molecule has 7 heteroatoms. The van der Waals surface area contributed by atoms with Crippen molar-refractivity contribution in [2.45, 2.75) is 20.3 Å². The summed E-state index contributed by atoms with van der Waals surface area (Å²) in [6, 6.07) is 0. The van der Waals surface area contributed by atoms with Crippen LogP contribution in [0.3, 0.4) is 0 Å². The van der Waals surface area contributed by atoms with Crippen LogP contribution in [0.25, 0.3) is 5.65 Å². The van der Waals surface area contributed by atoms with E-state index in [1.807, 2.05) is 6.92 Å². The highest BCUT2D eigenvalue weighted by atomic mass is 35.5. The van der Waals surface area contributed by atoms with Gasteiger partial charge in [0.15, 0.2) is 5.65 Å². The van der Waals surface area contributed by atoms with Gasteiger partial charge in [-0.3, -0.25) is 0 Å². The van der Waals surface area contributed by atoms with E-state index in [1.165, 1.54) is 10.7 Å². The Labute approximate surface area is 114 Å². The van der Waals surface area contributed by atoms with Gasteiger partial charge in [0.25, 0.3) is 0 Å². The second-order valence-electron chi connectivity index (χ2n) is 3.54. The molecule has 0 aromatic carbocycles. The van der Waals surface area contributed by atoms with Gasteiger partial charge in [-0.15, -0.1) is 0 Å². The highest BCUT2D eigenvalue weighted by Gasteiger charge is 2.19. The van der Waals surface area contributed by atoms with Crippen molar-refractivity contribution in [3.63, 3.8) is 0 Å². The largest absolute Gasteiger partial charge is 0.462 e. The summed E-state index contributed by atoms with van der Waals surface area (Å²) in [6.07, 6.45) is 2.01. The fourth-order valence-electron chi connectivity index (χ4n) is 1.61. The number of hydrogen-bond donors (Lipinski definition) is 0. The summed E-state index contributed by atoms with van der Waals surface area (Å²) in [5, 5.41) is 4.68. The quantitative estimate of drug-likeness (QED) is 0.643. The predicted molar refractivity (Wildman–Crippen MR) is 68.3 cm³/mol. The van der Waals surface area contributed by atoms with Gasteiger partial charge in [-0.2, -0.15) is 5.10 Å². The fraction of sp³-hybridized carbons (Fsp3) is 0.364. The number of hydrogen-bond acceptors (Lipinski definition) is 4. The number of rotatable bonds is 3. The molecule has 2 heterocycles. The Bertz CT molecular complexity index is 610. The third-order valence-corrected chi connectivity index (χ3v) is 3.18. The summed E-state index contributed by atoms with van der Waals surface area (Å²) in [4.78, 5) is 15.8. The molecule has 2 rings (SSSR count). The summed E-state index contributed by atoms with van der Waals surface area (Å²) in [5.41, 5.74) is 1.26. The molecule has 0 aliphatic heterocycles. The number of nitrogens with zero attached hydrogens (tertiary/aromatic N) is 3. The van der Waals surface area contributed by atoms with Crippen LogP contribution < -0.4 is 0 Å². The molecule has 5 nitrogen and oxygen atoms in total. The third-order valence-electron chi connectivity index (χ3n) is 2.48. The molecule has 0 unspecified atom stereocenters. The molecule has 0 saturated heterocycles. The number of aromatic nitrogens is 3. The first-order valence-corrected chi connectivity index (χ1v) is 6.24. The fourth-order valence-corrected chi connectivity index (χ4v) is 2.31. The van der Waals surface area contributed by atoms with Crippen molar-refractivity contribution < 1.29 is 9.53 Å². The van der Waals surface area contributed by atoms with Crippen LogP contribution in [0.2, 0.25) is 10.3 Å². The Morgan fingerprint density at radius 2 is 2.17 bits per heavy atom. The van der Waals surface area contributed by atoms with E-state index < -0.39 is 5.97 Å². The van der Waals surface area contributed by atoms with Gasteiger partial charge >= 0.3 is 5.97 Å². The molecule has 2 aromatic rings. The normalized spacial score (nSPS) is 10.9. The number of carbonyl (C=O) groups excluding carboxylic acids is 1. The van der Waals surface area contributed by atoms with E-state index >= 15 is 0 Å². The van der Waals surface area contributed by atoms with Gasteiger partial charge < -0.3 is 4.74 Å². The van der Waals surface area contributed by atoms with Crippen LogP contribution in [0.4, 0.5) is 0 Å². The number of carbonyl (C=O) groups is 1. The lowest BCUT2D eigenvalue weighted by atomic mass is 10.2. The van der Waals surface area contributed by atoms with Crippen molar-refractivity contribution in [1.82, 2.24) is 14.6 Å². The molecule has 0 aliphatic rings. The first-order chi connectivity index (χ1) is 8.60. The van der Waals surface area contributed by atoms with Crippen LogP contribution in [0.5, 0.6) is 0 Å². The Morgan fingerprint density at radius 1 is 1.44 bits per heavy atom. The Balaban J connectivity index is 2.64. The summed E-state index contributed by atoms with van der Waals surface area (Å²) >= 11 is 12.2. The average Bonchev–Trinajstić information content (AvgIpc) is 2.73. The molecule has 0 fully saturated rings. The topological polar surface area (TPSA) is 56.5 Å². The lowest BCUT2D eigenvalue weighted by Gasteiger charge is -2.06. The Morgan fingerprint density at radius 3 is 2.78 bits per heavy atom. The standard InChI is InChI=1S/C11H11Cl2N3O2/c1-3-6-8(12)15-10-7(11(17)18-4-2)5-14-16(10)9(6)13/h5H,3-4H2,1-2H3. The molecule has 96 valence electrons. The molecular weight excluding hydrogens is 277 g/mol. The second kappa shape index (κ2) is 5.12. The molecular formula is C11H11Cl2N3O2. The molecule has 0 spiro atoms. The van der Waals surface area contributed by atoms with E-state index in [9.17, 15) is 4.79 Å². The van der Waals surface area contributed by atoms with Crippen molar-refractivity contribution in [3.05, 3.63) is 27.6 Å². The summed E-state index contributed by atoms with van der Waals surface area (Å²) in [7, 11) is 0. The number of ether oxygens (including phenoxy) is 1. The maximum atomic E-state index is 11.7. The van der Waals surface area contributed by atoms with E-state index in [0.29, 0.717) is 22.8 Å². The van der Waals surface area contributed by atoms with Crippen LogP contribution in [-0.2, 0) is 11.2 Å². The van der Waals surface area contributed by atoms with Crippen molar-refractivity contribution in [2.75, 3.05) is 6.61 Å². The van der Waals surface area contributed by atoms with Gasteiger partial charge in [0.05, 0.1) is 12.8 Å². The third kappa shape index (κ3) is 2.04. The van der Waals surface area contributed by atoms with Crippen molar-refractivity contribution in [3.8, 4) is 0 Å². The van der Waals surface area contributed by atoms with Crippen LogP contribution in [0, 0.1) is 0 Å². The first-order valence-electron chi connectivity index (χ1n) is 5.48. The minimum absolute atomic E-state index is 0.253. The van der Waals surface area contributed by atoms with Crippen LogP contribution in [0.15, 0.2) is 6.20 Å². The van der Waals surface area contributed by atoms with E-state index in [-0.39, 0.29) is 17.3 Å². The van der Waals surface area contributed by atoms with Gasteiger partial charge in [-0.25, -0.2) is 14.3 Å². The molecule has 0 bridgehead atoms. The van der Waals surface area contributed by atoms with E-state index in [2.05, 4.69) is 10.1 Å². The second-order valence-corrected chi connectivity index (χ2v) is 4.26. The lowest BCUT2D eigenvalue weighted by Crippen LogP contribution is -2.06. The molecule has 0 radical (unpaired) electrons. The van der Waals surface area contributed by atoms with Crippen LogP contribution >= 0.6 is 23.2 Å². The average molecular weight is 288 g/mol. The Kier molecular flexibility index (Phi) is 3.73. The van der Waals surface area contributed by atoms with Crippen molar-refractivity contribution >= 4 is 34.8 Å². The molecule has 0 atom stereocenters. The summed E-state index contributed by atoms with van der Waals surface area (Å²) < 4.78 is 6.30. The zero-order chi connectivity index (χ0) is 13.3. The minimum atomic E-state index is -0.489. The van der Waals surface area contributed by atoms with Crippen LogP contribution in [0.1, 0.15) is 29.8 Å². The maximum absolute atomic E-state index is 11.7. The highest BCUT2D eigenvalue weighted by molar-refractivity contribution is 6.35. The van der Waals surface area contributed by atoms with Gasteiger partial charge in [-0.1, -0.05) is 30.1 Å². The molecule has 0 amide bonds. The summed E-state index contributed by atoms with van der Waals surface area (Å²) in [6.45, 7) is 3.92. The van der Waals surface area contributed by atoms with Gasteiger partial charge in [0, 0.05) is 5.56 Å². The zero-order valence-corrected chi connectivity index (χ0v) is 11.4. The first kappa shape index (κ1) is 13.1. The maximum Gasteiger partial charge on any atom is 0.343 e. The minimum Gasteiger partial charge on any atom is -0.462 e. The smallest absolute Gasteiger partial charge is 0.343 e. The number of esters is 1. The monoisotopic (exact) mass is 287 g/mol. The van der Waals surface area contributed by atoms with Crippen molar-refractivity contribution in [1.29, 1.82) is 0 Å². The highest BCUT2D eigenvalue weighted by Crippen LogP contribution is 2.25. The zero-order valence-electron chi connectivity index (χ0n) is 9.91. The number of fused-ring (bicyclic) bond motifs is 1. The van der Waals surface area contributed by atoms with Crippen molar-refractivity contribution in [2.24, 2.45) is 0 Å². The number of halogens is 2. The molecule has 0 N–H and O–H groups in total. The SMILES string of the molecule is CCOC(=O)c1cnn2c(Cl)c(CC)c(Cl)nc12. The van der Waals surface area contributed by atoms with E-state index in [1.54, 1.807) is 6.92 Å². The summed E-state index contributed by atoms with van der Waals surface area (Å²) in [5.74, 6) is -0.489. The van der Waals surface area contributed by atoms with Gasteiger partial charge in [0.1, 0.15) is 15.9 Å². The van der Waals surface area contributed by atoms with E-state index in [4.69, 9.17) is 27.9 Å². The van der Waals surface area contributed by atoms with Gasteiger partial charge in [0.2, 0.25) is 0 Å². The van der Waals surface area contributed by atoms with Crippen LogP contribution in [-0.4, -0.2) is 27.2 Å². The van der Waals surface area contributed by atoms with Gasteiger partial charge in [-0.05, 0) is 13.3 Å². The molecule has 18 heavy (non-hydrogen) atoms. The predicted octanol–water partition coefficient (Wildman–Crippen LogP) is 2.78. The lowest BCUT2D eigenvalue weighted by molar-refractivity contribution is 0.0528. The molecule has 2 aromatic heterocycles. The molecule has 0 aliphatic carbocycles. The Hall–Kier alpha value is -1.33.